The van der Waals surface area contributed by atoms with Crippen molar-refractivity contribution in [1.29, 1.82) is 0 Å². The molecular weight excluding hydrogens is 462 g/mol. The van der Waals surface area contributed by atoms with Crippen LogP contribution in [0.1, 0.15) is 0 Å². The monoisotopic (exact) mass is 489 g/mol. The molecule has 6 N–H and O–H groups in total. The van der Waals surface area contributed by atoms with Crippen molar-refractivity contribution in [2.24, 2.45) is 0 Å². The van der Waals surface area contributed by atoms with Gasteiger partial charge in [0.15, 0.2) is 0 Å². The van der Waals surface area contributed by atoms with Gasteiger partial charge < -0.3 is 20.8 Å². The Kier molecular flexibility index (Phi) is 21.5. The maximum absolute atomic E-state index is 8.89. The van der Waals surface area contributed by atoms with Crippen LogP contribution in [0, 0.1) is 0 Å². The molecule has 0 unspecified atom stereocenters. The van der Waals surface area contributed by atoms with E-state index in [0.29, 0.717) is 11.8 Å². The zero-order chi connectivity index (χ0) is 21.0. The zero-order valence-corrected chi connectivity index (χ0v) is 18.4. The first kappa shape index (κ1) is 29.6. The van der Waals surface area contributed by atoms with Crippen molar-refractivity contribution < 1.29 is 36.6 Å². The van der Waals surface area contributed by atoms with E-state index in [1.807, 2.05) is 0 Å². The minimum atomic E-state index is 0. The summed E-state index contributed by atoms with van der Waals surface area (Å²) in [4.78, 5) is 17.8. The van der Waals surface area contributed by atoms with E-state index in [9.17, 15) is 0 Å². The van der Waals surface area contributed by atoms with Crippen LogP contribution in [-0.2, 0) is 16.8 Å². The minimum Gasteiger partial charge on any atom is -0.663 e. The summed E-state index contributed by atoms with van der Waals surface area (Å²) in [5.74, 6) is 1.52. The molecule has 0 atom stereocenters. The van der Waals surface area contributed by atoms with Crippen LogP contribution in [0.15, 0.2) is 60.7 Å². The third kappa shape index (κ3) is 18.2. The van der Waals surface area contributed by atoms with E-state index in [0.717, 1.165) is 26.2 Å². The summed E-state index contributed by atoms with van der Waals surface area (Å²) < 4.78 is 0. The van der Waals surface area contributed by atoms with E-state index < -0.39 is 0 Å². The molecule has 0 amide bonds. The van der Waals surface area contributed by atoms with E-state index in [1.165, 1.54) is 24.3 Å². The molecule has 6 nitrogen and oxygen atoms in total. The predicted octanol–water partition coefficient (Wildman–Crippen LogP) is 2.47. The van der Waals surface area contributed by atoms with Crippen molar-refractivity contribution in [2.45, 2.75) is 0 Å². The van der Waals surface area contributed by atoms with Gasteiger partial charge in [0.1, 0.15) is 0 Å². The second kappa shape index (κ2) is 21.1. The summed E-state index contributed by atoms with van der Waals surface area (Å²) in [5, 5.41) is 22.4. The van der Waals surface area contributed by atoms with Crippen molar-refractivity contribution >= 4 is 23.2 Å². The second-order valence-corrected chi connectivity index (χ2v) is 5.89. The molecule has 0 saturated carbocycles. The molecule has 0 aliphatic rings. The van der Waals surface area contributed by atoms with Gasteiger partial charge in [0.25, 0.3) is 0 Å². The SMILES string of the molecule is ClCC[N-]CC[N-]CCCl.[Co+3].[OH+]=c1cccccc1[OH2+].[OH+]=c1cccccc1[OH2+]. The maximum atomic E-state index is 8.89. The van der Waals surface area contributed by atoms with Crippen molar-refractivity contribution in [3.63, 3.8) is 0 Å². The van der Waals surface area contributed by atoms with E-state index in [2.05, 4.69) is 10.6 Å². The van der Waals surface area contributed by atoms with Gasteiger partial charge in [-0.15, -0.1) is 36.3 Å². The number of hydrogen-bond donors (Lipinski definition) is 0. The van der Waals surface area contributed by atoms with Gasteiger partial charge in [-0.05, 0) is 0 Å². The summed E-state index contributed by atoms with van der Waals surface area (Å²) >= 11 is 10.8. The van der Waals surface area contributed by atoms with Crippen LogP contribution in [0.25, 0.3) is 10.6 Å². The van der Waals surface area contributed by atoms with E-state index in [-0.39, 0.29) is 39.1 Å². The van der Waals surface area contributed by atoms with Gasteiger partial charge in [-0.25, -0.2) is 0 Å². The fourth-order valence-electron chi connectivity index (χ4n) is 1.56. The van der Waals surface area contributed by atoms with Crippen molar-refractivity contribution in [3.05, 3.63) is 82.2 Å². The average molecular weight is 490 g/mol. The Hall–Kier alpha value is -1.61. The fourth-order valence-corrected chi connectivity index (χ4v) is 1.80. The number of hydrogen-bond acceptors (Lipinski definition) is 0. The molecule has 0 fully saturated rings. The van der Waals surface area contributed by atoms with Crippen LogP contribution in [0.4, 0.5) is 0 Å². The molecular formula is C20H28Cl2CoN2O4+5. The molecule has 160 valence electrons. The van der Waals surface area contributed by atoms with Gasteiger partial charge in [0.05, 0.1) is 12.1 Å². The normalized spacial score (nSPS) is 9.03. The molecule has 2 aromatic carbocycles. The van der Waals surface area contributed by atoms with Crippen LogP contribution in [-0.4, -0.2) is 57.7 Å². The molecule has 0 spiro atoms. The second-order valence-electron chi connectivity index (χ2n) is 5.14. The van der Waals surface area contributed by atoms with Crippen molar-refractivity contribution in [3.8, 4) is 11.5 Å². The Bertz CT molecular complexity index is 705. The third-order valence-electron chi connectivity index (χ3n) is 2.93. The Morgan fingerprint density at radius 1 is 0.621 bits per heavy atom. The summed E-state index contributed by atoms with van der Waals surface area (Å²) in [6, 6.07) is 16.4. The number of halogens is 2. The van der Waals surface area contributed by atoms with Gasteiger partial charge in [-0.1, -0.05) is 36.4 Å². The van der Waals surface area contributed by atoms with Gasteiger partial charge in [0.2, 0.25) is 0 Å². The number of rotatable bonds is 7. The Morgan fingerprint density at radius 3 is 1.31 bits per heavy atom. The molecule has 0 radical (unpaired) electrons. The van der Waals surface area contributed by atoms with Crippen LogP contribution in [0.3, 0.4) is 0 Å². The maximum Gasteiger partial charge on any atom is 3.00 e. The topological polar surface area (TPSA) is 117 Å². The molecule has 0 aliphatic carbocycles. The molecule has 2 rings (SSSR count). The Morgan fingerprint density at radius 2 is 0.966 bits per heavy atom. The van der Waals surface area contributed by atoms with Gasteiger partial charge >= 0.3 is 39.1 Å². The standard InChI is InChI=1S/2C7H6O2.C6H12Cl2N2.Co/c2*8-6-4-2-1-3-5-7(6)9;7-1-3-9-5-6-10-4-2-8;/h2*1-5H,(H,8,9);1-6H2;/q;;-2;+3/p+4. The summed E-state index contributed by atoms with van der Waals surface area (Å²) in [7, 11) is 0. The Labute approximate surface area is 191 Å². The quantitative estimate of drug-likeness (QED) is 0.322. The Balaban J connectivity index is 0. The minimum absolute atomic E-state index is 0. The summed E-state index contributed by atoms with van der Waals surface area (Å²) in [6.45, 7) is 3.03. The van der Waals surface area contributed by atoms with Crippen LogP contribution < -0.4 is 10.9 Å². The molecule has 0 aromatic heterocycles. The predicted molar refractivity (Wildman–Crippen MR) is 117 cm³/mol. The van der Waals surface area contributed by atoms with Gasteiger partial charge in [-0.2, -0.15) is 13.1 Å². The van der Waals surface area contributed by atoms with Crippen LogP contribution >= 0.6 is 23.2 Å². The third-order valence-corrected chi connectivity index (χ3v) is 3.27. The summed E-state index contributed by atoms with van der Waals surface area (Å²) in [6.07, 6.45) is 0. The number of alkyl halides is 2. The zero-order valence-electron chi connectivity index (χ0n) is 15.9. The van der Waals surface area contributed by atoms with Gasteiger partial charge in [0, 0.05) is 23.9 Å². The van der Waals surface area contributed by atoms with Crippen molar-refractivity contribution in [2.75, 3.05) is 37.9 Å². The first-order chi connectivity index (χ1) is 13.5. The summed E-state index contributed by atoms with van der Waals surface area (Å²) in [5.41, 5.74) is 0.0278. The van der Waals surface area contributed by atoms with E-state index in [4.69, 9.17) is 43.0 Å². The average Bonchev–Trinajstić information content (AvgIpc) is 3.00. The molecule has 9 heteroatoms. The van der Waals surface area contributed by atoms with Crippen LogP contribution in [0.5, 0.6) is 11.5 Å². The molecule has 0 bridgehead atoms. The first-order valence-corrected chi connectivity index (χ1v) is 9.64. The van der Waals surface area contributed by atoms with E-state index in [1.54, 1.807) is 36.4 Å². The smallest absolute Gasteiger partial charge is 0.663 e. The molecule has 0 heterocycles. The van der Waals surface area contributed by atoms with Gasteiger partial charge in [-0.3, -0.25) is 9.59 Å². The number of nitrogens with zero attached hydrogens (tertiary/aromatic N) is 2. The first-order valence-electron chi connectivity index (χ1n) is 8.57. The molecule has 0 aliphatic heterocycles. The fraction of sp³-hybridized carbons (Fsp3) is 0.300. The van der Waals surface area contributed by atoms with E-state index >= 15 is 0 Å². The van der Waals surface area contributed by atoms with Crippen LogP contribution in [0.2, 0.25) is 0 Å². The van der Waals surface area contributed by atoms with Crippen molar-refractivity contribution in [1.82, 2.24) is 0 Å². The molecule has 0 saturated heterocycles. The largest absolute Gasteiger partial charge is 3.00 e. The molecule has 29 heavy (non-hydrogen) atoms. The molecule has 2 aromatic rings.